The van der Waals surface area contributed by atoms with Crippen LogP contribution >= 0.6 is 15.9 Å². The summed E-state index contributed by atoms with van der Waals surface area (Å²) in [6.07, 6.45) is 0. The predicted molar refractivity (Wildman–Crippen MR) is 108 cm³/mol. The molecule has 0 aliphatic heterocycles. The summed E-state index contributed by atoms with van der Waals surface area (Å²) in [5.41, 5.74) is 3.74. The van der Waals surface area contributed by atoms with Gasteiger partial charge in [-0.25, -0.2) is 4.79 Å². The molecule has 0 fully saturated rings. The molecule has 4 heteroatoms. The first-order valence-corrected chi connectivity index (χ1v) is 9.04. The van der Waals surface area contributed by atoms with Crippen LogP contribution in [0, 0.1) is 0 Å². The van der Waals surface area contributed by atoms with Crippen LogP contribution in [0.15, 0.2) is 100 Å². The predicted octanol–water partition coefficient (Wildman–Crippen LogP) is 5.33. The van der Waals surface area contributed by atoms with Gasteiger partial charge in [-0.3, -0.25) is 4.57 Å². The molecule has 4 rings (SSSR count). The molecular formula is C22H15BrN2O. The first kappa shape index (κ1) is 16.5. The van der Waals surface area contributed by atoms with Crippen LogP contribution in [-0.2, 0) is 0 Å². The van der Waals surface area contributed by atoms with E-state index in [0.717, 1.165) is 27.0 Å². The zero-order valence-corrected chi connectivity index (χ0v) is 15.4. The van der Waals surface area contributed by atoms with Crippen molar-refractivity contribution in [2.45, 2.75) is 0 Å². The van der Waals surface area contributed by atoms with Gasteiger partial charge in [0.2, 0.25) is 0 Å². The number of nitrogens with zero attached hydrogens (tertiary/aromatic N) is 2. The van der Waals surface area contributed by atoms with E-state index in [1.807, 2.05) is 91.0 Å². The van der Waals surface area contributed by atoms with E-state index in [2.05, 4.69) is 20.9 Å². The van der Waals surface area contributed by atoms with E-state index in [1.54, 1.807) is 4.57 Å². The Morgan fingerprint density at radius 3 is 1.77 bits per heavy atom. The van der Waals surface area contributed by atoms with E-state index in [4.69, 9.17) is 0 Å². The van der Waals surface area contributed by atoms with Crippen molar-refractivity contribution in [1.82, 2.24) is 9.55 Å². The van der Waals surface area contributed by atoms with E-state index < -0.39 is 0 Å². The van der Waals surface area contributed by atoms with E-state index in [1.165, 1.54) is 0 Å². The highest BCUT2D eigenvalue weighted by Crippen LogP contribution is 2.35. The van der Waals surface area contributed by atoms with Crippen LogP contribution in [0.1, 0.15) is 0 Å². The summed E-state index contributed by atoms with van der Waals surface area (Å²) in [5.74, 6) is 0. The third kappa shape index (κ3) is 3.00. The van der Waals surface area contributed by atoms with Crippen molar-refractivity contribution in [3.05, 3.63) is 106 Å². The number of rotatable bonds is 3. The second kappa shape index (κ2) is 7.10. The maximum Gasteiger partial charge on any atom is 0.353 e. The number of para-hydroxylation sites is 1. The van der Waals surface area contributed by atoms with Gasteiger partial charge in [0, 0.05) is 5.56 Å². The fourth-order valence-electron chi connectivity index (χ4n) is 2.96. The summed E-state index contributed by atoms with van der Waals surface area (Å²) >= 11 is 3.71. The highest BCUT2D eigenvalue weighted by atomic mass is 79.9. The van der Waals surface area contributed by atoms with Gasteiger partial charge in [-0.05, 0) is 33.6 Å². The van der Waals surface area contributed by atoms with Crippen molar-refractivity contribution in [2.75, 3.05) is 0 Å². The Hall–Kier alpha value is -2.98. The van der Waals surface area contributed by atoms with Gasteiger partial charge >= 0.3 is 5.69 Å². The van der Waals surface area contributed by atoms with Crippen LogP contribution in [-0.4, -0.2) is 9.55 Å². The summed E-state index contributed by atoms with van der Waals surface area (Å²) < 4.78 is 2.43. The van der Waals surface area contributed by atoms with E-state index in [0.29, 0.717) is 5.69 Å². The van der Waals surface area contributed by atoms with Gasteiger partial charge in [0.25, 0.3) is 0 Å². The third-order valence-electron chi connectivity index (χ3n) is 4.15. The Labute approximate surface area is 159 Å². The Balaban J connectivity index is 2.08. The minimum absolute atomic E-state index is 0.308. The third-order valence-corrected chi connectivity index (χ3v) is 4.90. The van der Waals surface area contributed by atoms with Crippen LogP contribution in [0.2, 0.25) is 0 Å². The number of benzene rings is 3. The molecule has 3 aromatic carbocycles. The van der Waals surface area contributed by atoms with Gasteiger partial charge in [-0.1, -0.05) is 78.9 Å². The van der Waals surface area contributed by atoms with Crippen molar-refractivity contribution >= 4 is 15.9 Å². The monoisotopic (exact) mass is 402 g/mol. The Morgan fingerprint density at radius 2 is 1.19 bits per heavy atom. The maximum atomic E-state index is 13.0. The SMILES string of the molecule is O=c1nc(-c2ccccc2)c(Br)c(-c2ccccc2)n1-c1ccccc1. The Kier molecular flexibility index (Phi) is 4.50. The van der Waals surface area contributed by atoms with Crippen molar-refractivity contribution in [3.8, 4) is 28.2 Å². The fourth-order valence-corrected chi connectivity index (χ4v) is 3.68. The number of halogens is 1. The van der Waals surface area contributed by atoms with Gasteiger partial charge in [0.05, 0.1) is 21.5 Å². The summed E-state index contributed by atoms with van der Waals surface area (Å²) in [6, 6.07) is 29.2. The molecule has 0 atom stereocenters. The van der Waals surface area contributed by atoms with Crippen molar-refractivity contribution in [3.63, 3.8) is 0 Å². The zero-order valence-electron chi connectivity index (χ0n) is 13.8. The minimum atomic E-state index is -0.308. The molecule has 0 spiro atoms. The smallest absolute Gasteiger partial charge is 0.259 e. The molecule has 0 saturated heterocycles. The molecule has 0 amide bonds. The number of aromatic nitrogens is 2. The minimum Gasteiger partial charge on any atom is -0.259 e. The first-order valence-electron chi connectivity index (χ1n) is 8.24. The lowest BCUT2D eigenvalue weighted by molar-refractivity contribution is 0.920. The lowest BCUT2D eigenvalue weighted by atomic mass is 10.1. The van der Waals surface area contributed by atoms with Gasteiger partial charge in [0.15, 0.2) is 0 Å². The molecule has 126 valence electrons. The molecule has 0 saturated carbocycles. The molecule has 4 aromatic rings. The Morgan fingerprint density at radius 1 is 0.692 bits per heavy atom. The van der Waals surface area contributed by atoms with Crippen LogP contribution in [0.3, 0.4) is 0 Å². The molecule has 0 bridgehead atoms. The average molecular weight is 403 g/mol. The van der Waals surface area contributed by atoms with Crippen molar-refractivity contribution < 1.29 is 0 Å². The quantitative estimate of drug-likeness (QED) is 0.464. The molecule has 0 aliphatic rings. The van der Waals surface area contributed by atoms with Gasteiger partial charge in [-0.2, -0.15) is 4.98 Å². The standard InChI is InChI=1S/C22H15BrN2O/c23-19-20(16-10-4-1-5-11-16)24-22(26)25(18-14-8-3-9-15-18)21(19)17-12-6-2-7-13-17/h1-15H. The topological polar surface area (TPSA) is 34.9 Å². The lowest BCUT2D eigenvalue weighted by Crippen LogP contribution is -2.24. The summed E-state index contributed by atoms with van der Waals surface area (Å²) in [4.78, 5) is 17.4. The molecular weight excluding hydrogens is 388 g/mol. The van der Waals surface area contributed by atoms with E-state index in [9.17, 15) is 4.79 Å². The summed E-state index contributed by atoms with van der Waals surface area (Å²) in [5, 5.41) is 0. The van der Waals surface area contributed by atoms with Gasteiger partial charge in [0.1, 0.15) is 0 Å². The molecule has 0 unspecified atom stereocenters. The molecule has 3 nitrogen and oxygen atoms in total. The normalized spacial score (nSPS) is 10.7. The molecule has 0 N–H and O–H groups in total. The van der Waals surface area contributed by atoms with Crippen LogP contribution in [0.5, 0.6) is 0 Å². The molecule has 0 aliphatic carbocycles. The highest BCUT2D eigenvalue weighted by Gasteiger charge is 2.19. The fraction of sp³-hybridized carbons (Fsp3) is 0. The molecule has 26 heavy (non-hydrogen) atoms. The second-order valence-electron chi connectivity index (χ2n) is 5.81. The van der Waals surface area contributed by atoms with Crippen LogP contribution in [0.25, 0.3) is 28.2 Å². The molecule has 0 radical (unpaired) electrons. The second-order valence-corrected chi connectivity index (χ2v) is 6.60. The largest absolute Gasteiger partial charge is 0.353 e. The average Bonchev–Trinajstić information content (AvgIpc) is 2.71. The van der Waals surface area contributed by atoms with Crippen molar-refractivity contribution in [1.29, 1.82) is 0 Å². The number of hydrogen-bond acceptors (Lipinski definition) is 2. The summed E-state index contributed by atoms with van der Waals surface area (Å²) in [7, 11) is 0. The maximum absolute atomic E-state index is 13.0. The van der Waals surface area contributed by atoms with Crippen LogP contribution < -0.4 is 5.69 Å². The summed E-state index contributed by atoms with van der Waals surface area (Å²) in [6.45, 7) is 0. The lowest BCUT2D eigenvalue weighted by Gasteiger charge is -2.17. The van der Waals surface area contributed by atoms with E-state index >= 15 is 0 Å². The number of hydrogen-bond donors (Lipinski definition) is 0. The van der Waals surface area contributed by atoms with Crippen molar-refractivity contribution in [2.24, 2.45) is 0 Å². The molecule has 1 heterocycles. The Bertz CT molecular complexity index is 1090. The molecule has 1 aromatic heterocycles. The van der Waals surface area contributed by atoms with Gasteiger partial charge in [-0.15, -0.1) is 0 Å². The van der Waals surface area contributed by atoms with E-state index in [-0.39, 0.29) is 5.69 Å². The van der Waals surface area contributed by atoms with Gasteiger partial charge < -0.3 is 0 Å². The first-order chi connectivity index (χ1) is 12.8. The highest BCUT2D eigenvalue weighted by molar-refractivity contribution is 9.10. The van der Waals surface area contributed by atoms with Crippen LogP contribution in [0.4, 0.5) is 0 Å². The zero-order chi connectivity index (χ0) is 17.9.